The number of carbonyl (C=O) groups is 1. The maximum atomic E-state index is 11.8. The summed E-state index contributed by atoms with van der Waals surface area (Å²) >= 11 is 0. The monoisotopic (exact) mass is 294 g/mol. The number of nitrogens with zero attached hydrogens (tertiary/aromatic N) is 1. The van der Waals surface area contributed by atoms with Gasteiger partial charge in [0.15, 0.2) is 5.25 Å². The largest absolute Gasteiger partial charge is 0.478 e. The number of hydrogen-bond donors (Lipinski definition) is 2. The van der Waals surface area contributed by atoms with E-state index in [1.54, 1.807) is 25.1 Å². The number of anilines is 1. The Kier molecular flexibility index (Phi) is 4.88. The van der Waals surface area contributed by atoms with E-state index in [2.05, 4.69) is 4.72 Å². The topological polar surface area (TPSA) is 107 Å². The number of hydrogen-bond acceptors (Lipinski definition) is 4. The minimum absolute atomic E-state index is 0.361. The average Bonchev–Trinajstić information content (AvgIpc) is 2.38. The van der Waals surface area contributed by atoms with Gasteiger partial charge < -0.3 is 5.11 Å². The maximum absolute atomic E-state index is 11.8. The number of aryl methyl sites for hydroxylation is 1. The smallest absolute Gasteiger partial charge is 0.328 e. The summed E-state index contributed by atoms with van der Waals surface area (Å²) in [6.07, 6.45) is 2.40. The molecule has 0 amide bonds. The molecule has 0 heterocycles. The van der Waals surface area contributed by atoms with Crippen LogP contribution >= 0.6 is 0 Å². The zero-order valence-corrected chi connectivity index (χ0v) is 11.8. The number of nitriles is 1. The number of benzene rings is 1. The molecule has 0 radical (unpaired) electrons. The molecule has 0 fully saturated rings. The van der Waals surface area contributed by atoms with Crippen molar-refractivity contribution in [1.82, 2.24) is 0 Å². The van der Waals surface area contributed by atoms with Gasteiger partial charge in [0.25, 0.3) is 0 Å². The molecular formula is C13H14N2O4S. The molecule has 7 heteroatoms. The predicted molar refractivity (Wildman–Crippen MR) is 75.5 cm³/mol. The second-order valence-electron chi connectivity index (χ2n) is 4.16. The number of sulfonamides is 1. The second kappa shape index (κ2) is 6.21. The molecule has 1 atom stereocenters. The molecule has 0 spiro atoms. The Morgan fingerprint density at radius 1 is 1.50 bits per heavy atom. The van der Waals surface area contributed by atoms with E-state index >= 15 is 0 Å². The molecule has 1 rings (SSSR count). The van der Waals surface area contributed by atoms with E-state index in [1.807, 2.05) is 0 Å². The van der Waals surface area contributed by atoms with Crippen molar-refractivity contribution in [3.8, 4) is 6.07 Å². The molecular weight excluding hydrogens is 280 g/mol. The van der Waals surface area contributed by atoms with E-state index in [-0.39, 0.29) is 0 Å². The Morgan fingerprint density at radius 3 is 2.65 bits per heavy atom. The third kappa shape index (κ3) is 4.10. The van der Waals surface area contributed by atoms with E-state index in [4.69, 9.17) is 10.4 Å². The molecule has 2 N–H and O–H groups in total. The molecule has 1 unspecified atom stereocenters. The molecule has 0 bridgehead atoms. The second-order valence-corrected chi connectivity index (χ2v) is 6.17. The van der Waals surface area contributed by atoms with Gasteiger partial charge in [-0.05, 0) is 43.2 Å². The van der Waals surface area contributed by atoms with Gasteiger partial charge in [-0.3, -0.25) is 4.72 Å². The highest BCUT2D eigenvalue weighted by molar-refractivity contribution is 7.93. The summed E-state index contributed by atoms with van der Waals surface area (Å²) in [6.45, 7) is 2.98. The lowest BCUT2D eigenvalue weighted by Gasteiger charge is -2.12. The Labute approximate surface area is 117 Å². The standard InChI is InChI=1S/C13H14N2O4S/c1-9-7-11(4-6-13(16)17)3-5-12(9)15-20(18,19)10(2)8-14/h3-7,10,15H,1-2H3,(H,16,17). The Morgan fingerprint density at radius 2 is 2.15 bits per heavy atom. The lowest BCUT2D eigenvalue weighted by atomic mass is 10.1. The first-order valence-electron chi connectivity index (χ1n) is 5.69. The van der Waals surface area contributed by atoms with Crippen LogP contribution in [0, 0.1) is 18.3 Å². The number of nitrogens with one attached hydrogen (secondary N) is 1. The highest BCUT2D eigenvalue weighted by atomic mass is 32.2. The van der Waals surface area contributed by atoms with Crippen LogP contribution in [-0.4, -0.2) is 24.7 Å². The number of carboxylic acids is 1. The van der Waals surface area contributed by atoms with Crippen LogP contribution in [0.5, 0.6) is 0 Å². The van der Waals surface area contributed by atoms with Crippen LogP contribution < -0.4 is 4.72 Å². The number of aliphatic carboxylic acids is 1. The SMILES string of the molecule is Cc1cc(C=CC(=O)O)ccc1NS(=O)(=O)C(C)C#N. The predicted octanol–water partition coefficient (Wildman–Crippen LogP) is 1.75. The van der Waals surface area contributed by atoms with Gasteiger partial charge >= 0.3 is 5.97 Å². The summed E-state index contributed by atoms with van der Waals surface area (Å²) < 4.78 is 25.9. The molecule has 0 saturated heterocycles. The minimum Gasteiger partial charge on any atom is -0.478 e. The van der Waals surface area contributed by atoms with Crippen LogP contribution in [0.4, 0.5) is 5.69 Å². The third-order valence-corrected chi connectivity index (χ3v) is 4.11. The van der Waals surface area contributed by atoms with E-state index in [9.17, 15) is 13.2 Å². The average molecular weight is 294 g/mol. The number of rotatable bonds is 5. The van der Waals surface area contributed by atoms with Crippen molar-refractivity contribution in [1.29, 1.82) is 5.26 Å². The third-order valence-electron chi connectivity index (χ3n) is 2.57. The van der Waals surface area contributed by atoms with Crippen LogP contribution in [-0.2, 0) is 14.8 Å². The van der Waals surface area contributed by atoms with E-state index < -0.39 is 21.2 Å². The Balaban J connectivity index is 3.01. The van der Waals surface area contributed by atoms with E-state index in [1.165, 1.54) is 19.1 Å². The maximum Gasteiger partial charge on any atom is 0.328 e. The van der Waals surface area contributed by atoms with Crippen molar-refractivity contribution in [2.45, 2.75) is 19.1 Å². The van der Waals surface area contributed by atoms with Gasteiger partial charge in [-0.2, -0.15) is 5.26 Å². The van der Waals surface area contributed by atoms with Gasteiger partial charge in [-0.25, -0.2) is 13.2 Å². The van der Waals surface area contributed by atoms with Gasteiger partial charge in [0, 0.05) is 6.08 Å². The van der Waals surface area contributed by atoms with Gasteiger partial charge in [-0.1, -0.05) is 6.07 Å². The Bertz CT molecular complexity index is 687. The summed E-state index contributed by atoms with van der Waals surface area (Å²) in [7, 11) is -3.75. The lowest BCUT2D eigenvalue weighted by Crippen LogP contribution is -2.24. The minimum atomic E-state index is -3.75. The zero-order chi connectivity index (χ0) is 15.3. The highest BCUT2D eigenvalue weighted by Gasteiger charge is 2.20. The van der Waals surface area contributed by atoms with Crippen LogP contribution in [0.1, 0.15) is 18.1 Å². The molecule has 0 aliphatic rings. The summed E-state index contributed by atoms with van der Waals surface area (Å²) in [5.41, 5.74) is 1.63. The lowest BCUT2D eigenvalue weighted by molar-refractivity contribution is -0.131. The number of carboxylic acid groups (broad SMARTS) is 1. The van der Waals surface area contributed by atoms with Crippen molar-refractivity contribution in [2.24, 2.45) is 0 Å². The fourth-order valence-electron chi connectivity index (χ4n) is 1.38. The summed E-state index contributed by atoms with van der Waals surface area (Å²) in [5.74, 6) is -1.06. The molecule has 0 aliphatic heterocycles. The van der Waals surface area contributed by atoms with Crippen molar-refractivity contribution in [2.75, 3.05) is 4.72 Å². The summed E-state index contributed by atoms with van der Waals surface area (Å²) in [5, 5.41) is 16.0. The van der Waals surface area contributed by atoms with Crippen molar-refractivity contribution >= 4 is 27.8 Å². The van der Waals surface area contributed by atoms with Crippen LogP contribution in [0.3, 0.4) is 0 Å². The molecule has 1 aromatic carbocycles. The van der Waals surface area contributed by atoms with Gasteiger partial charge in [0.05, 0.1) is 11.8 Å². The molecule has 0 saturated carbocycles. The van der Waals surface area contributed by atoms with Gasteiger partial charge in [-0.15, -0.1) is 0 Å². The molecule has 106 valence electrons. The molecule has 20 heavy (non-hydrogen) atoms. The quantitative estimate of drug-likeness (QED) is 0.804. The van der Waals surface area contributed by atoms with E-state index in [0.717, 1.165) is 6.08 Å². The van der Waals surface area contributed by atoms with Gasteiger partial charge in [0.2, 0.25) is 10.0 Å². The first-order chi connectivity index (χ1) is 9.26. The molecule has 6 nitrogen and oxygen atoms in total. The molecule has 1 aromatic rings. The highest BCUT2D eigenvalue weighted by Crippen LogP contribution is 2.19. The zero-order valence-electron chi connectivity index (χ0n) is 11.0. The normalized spacial score (nSPS) is 12.8. The molecule has 0 aliphatic carbocycles. The Hall–Kier alpha value is -2.33. The fourth-order valence-corrected chi connectivity index (χ4v) is 2.23. The first kappa shape index (κ1) is 15.7. The van der Waals surface area contributed by atoms with Gasteiger partial charge in [0.1, 0.15) is 0 Å². The van der Waals surface area contributed by atoms with Crippen LogP contribution in [0.15, 0.2) is 24.3 Å². The fraction of sp³-hybridized carbons (Fsp3) is 0.231. The summed E-state index contributed by atoms with van der Waals surface area (Å²) in [4.78, 5) is 10.4. The van der Waals surface area contributed by atoms with Crippen molar-refractivity contribution in [3.63, 3.8) is 0 Å². The summed E-state index contributed by atoms with van der Waals surface area (Å²) in [6, 6.07) is 6.42. The van der Waals surface area contributed by atoms with Crippen molar-refractivity contribution in [3.05, 3.63) is 35.4 Å². The van der Waals surface area contributed by atoms with E-state index in [0.29, 0.717) is 16.8 Å². The van der Waals surface area contributed by atoms with Crippen LogP contribution in [0.2, 0.25) is 0 Å². The first-order valence-corrected chi connectivity index (χ1v) is 7.24. The van der Waals surface area contributed by atoms with Crippen LogP contribution in [0.25, 0.3) is 6.08 Å². The molecule has 0 aromatic heterocycles. The van der Waals surface area contributed by atoms with Crippen molar-refractivity contribution < 1.29 is 18.3 Å².